The second kappa shape index (κ2) is 6.78. The van der Waals surface area contributed by atoms with Crippen LogP contribution in [0.15, 0.2) is 12.2 Å². The highest BCUT2D eigenvalue weighted by atomic mass is 16.6. The fourth-order valence-corrected chi connectivity index (χ4v) is 2.24. The third kappa shape index (κ3) is 4.57. The Hall–Kier alpha value is -1.85. The van der Waals surface area contributed by atoms with Gasteiger partial charge >= 0.3 is 0 Å². The lowest BCUT2D eigenvalue weighted by Gasteiger charge is -2.25. The number of nitrogens with zero attached hydrogens (tertiary/aromatic N) is 1. The van der Waals surface area contributed by atoms with Crippen molar-refractivity contribution in [3.8, 4) is 0 Å². The molecule has 0 N–H and O–H groups in total. The summed E-state index contributed by atoms with van der Waals surface area (Å²) in [4.78, 5) is 32.3. The van der Waals surface area contributed by atoms with Crippen molar-refractivity contribution in [2.24, 2.45) is 5.92 Å². The predicted molar refractivity (Wildman–Crippen MR) is 57.8 cm³/mol. The summed E-state index contributed by atoms with van der Waals surface area (Å²) in [5, 5.41) is 16.7. The molecule has 2 amide bonds. The van der Waals surface area contributed by atoms with Crippen LogP contribution in [0.25, 0.3) is 0 Å². The minimum Gasteiger partial charge on any atom is -0.652 e. The van der Waals surface area contributed by atoms with Gasteiger partial charge in [-0.1, -0.05) is 19.3 Å². The van der Waals surface area contributed by atoms with Crippen LogP contribution in [-0.2, 0) is 9.59 Å². The van der Waals surface area contributed by atoms with Crippen LogP contribution in [0.3, 0.4) is 0 Å². The molecule has 1 saturated carbocycles. The summed E-state index contributed by atoms with van der Waals surface area (Å²) in [6, 6.07) is 0. The minimum absolute atomic E-state index is 0.138. The molecule has 0 unspecified atom stereocenters. The van der Waals surface area contributed by atoms with E-state index < -0.39 is 6.16 Å². The van der Waals surface area contributed by atoms with E-state index in [-0.39, 0.29) is 11.8 Å². The first-order valence-corrected chi connectivity index (χ1v) is 5.92. The topological polar surface area (TPSA) is 101 Å². The lowest BCUT2D eigenvalue weighted by molar-refractivity contribution is -0.415. The monoisotopic (exact) mass is 253 g/mol. The number of carbonyl (C=O) groups excluding carboxylic acids is 3. The van der Waals surface area contributed by atoms with Gasteiger partial charge in [-0.3, -0.25) is 14.5 Å². The number of carboxylic acid groups (broad SMARTS) is 2. The summed E-state index contributed by atoms with van der Waals surface area (Å²) in [6.45, 7) is 0.630. The average Bonchev–Trinajstić information content (AvgIpc) is 2.62. The van der Waals surface area contributed by atoms with Crippen molar-refractivity contribution in [2.75, 3.05) is 6.54 Å². The highest BCUT2D eigenvalue weighted by molar-refractivity contribution is 6.12. The zero-order chi connectivity index (χ0) is 13.5. The third-order valence-corrected chi connectivity index (χ3v) is 3.07. The Morgan fingerprint density at radius 2 is 1.56 bits per heavy atom. The largest absolute Gasteiger partial charge is 0.652 e. The van der Waals surface area contributed by atoms with E-state index in [9.17, 15) is 9.59 Å². The van der Waals surface area contributed by atoms with Crippen molar-refractivity contribution in [3.63, 3.8) is 0 Å². The molecule has 0 atom stereocenters. The Kier molecular flexibility index (Phi) is 5.35. The first-order valence-electron chi connectivity index (χ1n) is 5.92. The van der Waals surface area contributed by atoms with Gasteiger partial charge in [0.25, 0.3) is 11.8 Å². The molecule has 6 heteroatoms. The Labute approximate surface area is 105 Å². The van der Waals surface area contributed by atoms with Crippen molar-refractivity contribution < 1.29 is 24.6 Å². The maximum absolute atomic E-state index is 11.3. The Bertz CT molecular complexity index is 335. The van der Waals surface area contributed by atoms with Crippen LogP contribution >= 0.6 is 0 Å². The molecule has 6 nitrogen and oxygen atoms in total. The predicted octanol–water partition coefficient (Wildman–Crippen LogP) is -0.955. The van der Waals surface area contributed by atoms with Crippen LogP contribution < -0.4 is 10.2 Å². The summed E-state index contributed by atoms with van der Waals surface area (Å²) >= 11 is 0. The van der Waals surface area contributed by atoms with Crippen LogP contribution in [0.1, 0.15) is 32.1 Å². The summed E-state index contributed by atoms with van der Waals surface area (Å²) in [5.41, 5.74) is 0. The number of hydrogen-bond donors (Lipinski definition) is 0. The third-order valence-electron chi connectivity index (χ3n) is 3.07. The number of rotatable bonds is 2. The quantitative estimate of drug-likeness (QED) is 0.590. The molecule has 0 saturated heterocycles. The van der Waals surface area contributed by atoms with Gasteiger partial charge in [0, 0.05) is 18.7 Å². The number of carbonyl (C=O) groups is 3. The standard InChI is InChI=1S/C11H15NO2.CH2O3/c13-10-6-7-11(14)12(10)8-9-4-2-1-3-5-9;2-1(3)4/h6-7,9H,1-5,8H2;(H2,2,3,4)/p-2. The molecule has 1 aliphatic heterocycles. The Balaban J connectivity index is 0.000000357. The minimum atomic E-state index is -2.33. The molecule has 0 aromatic carbocycles. The fraction of sp³-hybridized carbons (Fsp3) is 0.583. The van der Waals surface area contributed by atoms with Crippen LogP contribution in [-0.4, -0.2) is 29.4 Å². The van der Waals surface area contributed by atoms with Crippen LogP contribution in [0.4, 0.5) is 4.79 Å². The molecule has 2 aliphatic rings. The number of amides is 2. The molecule has 0 spiro atoms. The van der Waals surface area contributed by atoms with E-state index in [1.807, 2.05) is 0 Å². The van der Waals surface area contributed by atoms with Gasteiger partial charge in [-0.2, -0.15) is 0 Å². The van der Waals surface area contributed by atoms with E-state index in [1.54, 1.807) is 0 Å². The number of hydrogen-bond acceptors (Lipinski definition) is 5. The van der Waals surface area contributed by atoms with Crippen molar-refractivity contribution in [1.29, 1.82) is 0 Å². The van der Waals surface area contributed by atoms with E-state index >= 15 is 0 Å². The van der Waals surface area contributed by atoms with Crippen LogP contribution in [0.2, 0.25) is 0 Å². The van der Waals surface area contributed by atoms with E-state index in [4.69, 9.17) is 15.0 Å². The first kappa shape index (κ1) is 14.2. The summed E-state index contributed by atoms with van der Waals surface area (Å²) in [6.07, 6.45) is 6.52. The van der Waals surface area contributed by atoms with E-state index in [0.29, 0.717) is 12.5 Å². The highest BCUT2D eigenvalue weighted by Gasteiger charge is 2.26. The Morgan fingerprint density at radius 3 is 2.00 bits per heavy atom. The Morgan fingerprint density at radius 1 is 1.11 bits per heavy atom. The highest BCUT2D eigenvalue weighted by Crippen LogP contribution is 2.25. The van der Waals surface area contributed by atoms with Gasteiger partial charge < -0.3 is 15.0 Å². The second-order valence-electron chi connectivity index (χ2n) is 4.37. The van der Waals surface area contributed by atoms with Gasteiger partial charge in [0.1, 0.15) is 0 Å². The average molecular weight is 253 g/mol. The second-order valence-corrected chi connectivity index (χ2v) is 4.37. The van der Waals surface area contributed by atoms with Crippen molar-refractivity contribution in [3.05, 3.63) is 12.2 Å². The molecule has 2 rings (SSSR count). The zero-order valence-corrected chi connectivity index (χ0v) is 9.96. The van der Waals surface area contributed by atoms with Gasteiger partial charge in [-0.25, -0.2) is 0 Å². The molecule has 0 bridgehead atoms. The smallest absolute Gasteiger partial charge is 0.253 e. The van der Waals surface area contributed by atoms with Crippen LogP contribution in [0, 0.1) is 5.92 Å². The summed E-state index contributed by atoms with van der Waals surface area (Å²) in [7, 11) is 0. The van der Waals surface area contributed by atoms with E-state index in [1.165, 1.54) is 36.3 Å². The molecule has 0 radical (unpaired) electrons. The van der Waals surface area contributed by atoms with Gasteiger partial charge in [0.15, 0.2) is 0 Å². The lowest BCUT2D eigenvalue weighted by atomic mass is 9.89. The lowest BCUT2D eigenvalue weighted by Crippen LogP contribution is -2.37. The molecular formula is C12H15NO5-2. The normalized spacial score (nSPS) is 19.7. The van der Waals surface area contributed by atoms with Gasteiger partial charge in [0.05, 0.1) is 0 Å². The summed E-state index contributed by atoms with van der Waals surface area (Å²) < 4.78 is 0. The fourth-order valence-electron chi connectivity index (χ4n) is 2.24. The molecule has 1 heterocycles. The maximum Gasteiger partial charge on any atom is 0.253 e. The molecular weight excluding hydrogens is 238 g/mol. The van der Waals surface area contributed by atoms with Crippen molar-refractivity contribution >= 4 is 18.0 Å². The van der Waals surface area contributed by atoms with Crippen molar-refractivity contribution in [2.45, 2.75) is 32.1 Å². The molecule has 0 aromatic rings. The summed E-state index contributed by atoms with van der Waals surface area (Å²) in [5.74, 6) is 0.262. The molecule has 1 aliphatic carbocycles. The molecule has 18 heavy (non-hydrogen) atoms. The van der Waals surface area contributed by atoms with Gasteiger partial charge in [-0.15, -0.1) is 0 Å². The zero-order valence-electron chi connectivity index (χ0n) is 9.96. The van der Waals surface area contributed by atoms with E-state index in [2.05, 4.69) is 0 Å². The number of imide groups is 1. The van der Waals surface area contributed by atoms with Gasteiger partial charge in [0.2, 0.25) is 0 Å². The van der Waals surface area contributed by atoms with Crippen molar-refractivity contribution in [1.82, 2.24) is 4.90 Å². The van der Waals surface area contributed by atoms with Gasteiger partial charge in [-0.05, 0) is 24.9 Å². The SMILES string of the molecule is O=C([O-])[O-].O=C1C=CC(=O)N1CC1CCCCC1. The molecule has 0 aromatic heterocycles. The van der Waals surface area contributed by atoms with E-state index in [0.717, 1.165) is 12.8 Å². The maximum atomic E-state index is 11.3. The van der Waals surface area contributed by atoms with Crippen LogP contribution in [0.5, 0.6) is 0 Å². The first-order chi connectivity index (χ1) is 8.50. The molecule has 100 valence electrons. The molecule has 1 fully saturated rings.